The molecule has 1 saturated heterocycles. The molecule has 1 fully saturated rings. The topological polar surface area (TPSA) is 46.3 Å². The minimum absolute atomic E-state index is 0.253. The number of halogens is 1. The van der Waals surface area contributed by atoms with E-state index in [0.29, 0.717) is 6.42 Å². The van der Waals surface area contributed by atoms with Crippen molar-refractivity contribution in [3.8, 4) is 0 Å². The molecule has 3 nitrogen and oxygen atoms in total. The van der Waals surface area contributed by atoms with E-state index in [2.05, 4.69) is 48.0 Å². The van der Waals surface area contributed by atoms with Gasteiger partial charge in [-0.1, -0.05) is 28.1 Å². The lowest BCUT2D eigenvalue weighted by atomic mass is 9.98. The minimum atomic E-state index is 0.253. The van der Waals surface area contributed by atoms with Crippen LogP contribution in [0.4, 0.5) is 0 Å². The average molecular weight is 339 g/mol. The number of aryl methyl sites for hydroxylation is 2. The van der Waals surface area contributed by atoms with Crippen LogP contribution in [0.15, 0.2) is 22.7 Å². The third-order valence-corrected chi connectivity index (χ3v) is 4.98. The van der Waals surface area contributed by atoms with E-state index in [1.54, 1.807) is 0 Å². The Morgan fingerprint density at radius 2 is 2.25 bits per heavy atom. The molecular formula is C16H23BrN2O. The van der Waals surface area contributed by atoms with E-state index in [4.69, 9.17) is 5.73 Å². The average Bonchev–Trinajstić information content (AvgIpc) is 2.40. The Bertz CT molecular complexity index is 489. The summed E-state index contributed by atoms with van der Waals surface area (Å²) in [6.07, 6.45) is 3.24. The summed E-state index contributed by atoms with van der Waals surface area (Å²) >= 11 is 3.50. The summed E-state index contributed by atoms with van der Waals surface area (Å²) in [5.41, 5.74) is 8.38. The van der Waals surface area contributed by atoms with Crippen LogP contribution in [0, 0.1) is 6.92 Å². The van der Waals surface area contributed by atoms with Gasteiger partial charge in [-0.15, -0.1) is 0 Å². The van der Waals surface area contributed by atoms with Crippen LogP contribution in [0.1, 0.15) is 37.3 Å². The Morgan fingerprint density at radius 1 is 1.50 bits per heavy atom. The molecule has 2 rings (SSSR count). The second kappa shape index (κ2) is 6.72. The zero-order valence-electron chi connectivity index (χ0n) is 12.2. The van der Waals surface area contributed by atoms with Gasteiger partial charge in [0.2, 0.25) is 5.91 Å². The van der Waals surface area contributed by atoms with Gasteiger partial charge in [-0.25, -0.2) is 0 Å². The van der Waals surface area contributed by atoms with Crippen LogP contribution in [-0.4, -0.2) is 29.4 Å². The van der Waals surface area contributed by atoms with E-state index in [1.165, 1.54) is 11.1 Å². The van der Waals surface area contributed by atoms with Crippen molar-refractivity contribution in [1.29, 1.82) is 0 Å². The second-order valence-corrected chi connectivity index (χ2v) is 6.66. The Labute approximate surface area is 129 Å². The second-order valence-electron chi connectivity index (χ2n) is 5.80. The highest BCUT2D eigenvalue weighted by Crippen LogP contribution is 2.20. The minimum Gasteiger partial charge on any atom is -0.340 e. The molecule has 0 saturated carbocycles. The first-order chi connectivity index (χ1) is 9.47. The van der Waals surface area contributed by atoms with Crippen molar-refractivity contribution in [2.45, 2.75) is 51.6 Å². The lowest BCUT2D eigenvalue weighted by Gasteiger charge is -2.36. The fourth-order valence-electron chi connectivity index (χ4n) is 2.84. The van der Waals surface area contributed by atoms with E-state index in [0.717, 1.165) is 30.3 Å². The number of hydrogen-bond acceptors (Lipinski definition) is 2. The molecule has 0 bridgehead atoms. The third kappa shape index (κ3) is 3.83. The molecule has 2 N–H and O–H groups in total. The van der Waals surface area contributed by atoms with Crippen molar-refractivity contribution in [3.05, 3.63) is 33.8 Å². The third-order valence-electron chi connectivity index (χ3n) is 4.09. The normalized spacial score (nSPS) is 22.9. The maximum absolute atomic E-state index is 12.3. The molecule has 1 aliphatic heterocycles. The van der Waals surface area contributed by atoms with E-state index in [9.17, 15) is 4.79 Å². The predicted octanol–water partition coefficient (Wildman–Crippen LogP) is 3.03. The van der Waals surface area contributed by atoms with E-state index >= 15 is 0 Å². The summed E-state index contributed by atoms with van der Waals surface area (Å²) in [7, 11) is 0. The maximum atomic E-state index is 12.3. The van der Waals surface area contributed by atoms with Gasteiger partial charge in [-0.3, -0.25) is 4.79 Å². The molecule has 110 valence electrons. The van der Waals surface area contributed by atoms with Gasteiger partial charge in [0.1, 0.15) is 0 Å². The lowest BCUT2D eigenvalue weighted by Crippen LogP contribution is -2.48. The monoisotopic (exact) mass is 338 g/mol. The number of rotatable bonds is 3. The SMILES string of the molecule is Cc1cc(CCC(=O)N2CC[C@H](N)C[C@H]2C)ccc1Br. The summed E-state index contributed by atoms with van der Waals surface area (Å²) < 4.78 is 1.12. The number of benzene rings is 1. The van der Waals surface area contributed by atoms with Gasteiger partial charge < -0.3 is 10.6 Å². The molecule has 1 amide bonds. The Hall–Kier alpha value is -0.870. The first-order valence-electron chi connectivity index (χ1n) is 7.27. The standard InChI is InChI=1S/C16H23BrN2O/c1-11-9-13(3-5-15(11)17)4-6-16(20)19-8-7-14(18)10-12(19)2/h3,5,9,12,14H,4,6-8,10,18H2,1-2H3/t12-,14+/m1/s1. The largest absolute Gasteiger partial charge is 0.340 e. The zero-order valence-corrected chi connectivity index (χ0v) is 13.8. The molecule has 20 heavy (non-hydrogen) atoms. The highest BCUT2D eigenvalue weighted by Gasteiger charge is 2.26. The highest BCUT2D eigenvalue weighted by atomic mass is 79.9. The number of carbonyl (C=O) groups excluding carboxylic acids is 1. The fraction of sp³-hybridized carbons (Fsp3) is 0.562. The van der Waals surface area contributed by atoms with Gasteiger partial charge >= 0.3 is 0 Å². The molecular weight excluding hydrogens is 316 g/mol. The molecule has 0 radical (unpaired) electrons. The van der Waals surface area contributed by atoms with E-state index < -0.39 is 0 Å². The quantitative estimate of drug-likeness (QED) is 0.920. The van der Waals surface area contributed by atoms with Crippen molar-refractivity contribution >= 4 is 21.8 Å². The van der Waals surface area contributed by atoms with Crippen molar-refractivity contribution in [3.63, 3.8) is 0 Å². The van der Waals surface area contributed by atoms with Crippen LogP contribution in [0.2, 0.25) is 0 Å². The van der Waals surface area contributed by atoms with Crippen molar-refractivity contribution < 1.29 is 4.79 Å². The molecule has 4 heteroatoms. The van der Waals surface area contributed by atoms with E-state index in [1.807, 2.05) is 4.90 Å². The Kier molecular flexibility index (Phi) is 5.22. The van der Waals surface area contributed by atoms with Gasteiger partial charge in [0.05, 0.1) is 0 Å². The summed E-state index contributed by atoms with van der Waals surface area (Å²) in [5.74, 6) is 0.255. The molecule has 1 aromatic rings. The number of nitrogens with two attached hydrogens (primary N) is 1. The fourth-order valence-corrected chi connectivity index (χ4v) is 3.08. The number of amides is 1. The number of carbonyl (C=O) groups is 1. The van der Waals surface area contributed by atoms with Gasteiger partial charge in [0.15, 0.2) is 0 Å². The highest BCUT2D eigenvalue weighted by molar-refractivity contribution is 9.10. The first-order valence-corrected chi connectivity index (χ1v) is 8.06. The Morgan fingerprint density at radius 3 is 2.90 bits per heavy atom. The number of likely N-dealkylation sites (tertiary alicyclic amines) is 1. The number of nitrogens with zero attached hydrogens (tertiary/aromatic N) is 1. The predicted molar refractivity (Wildman–Crippen MR) is 85.6 cm³/mol. The van der Waals surface area contributed by atoms with Crippen LogP contribution in [0.3, 0.4) is 0 Å². The van der Waals surface area contributed by atoms with Gasteiger partial charge in [-0.05, 0) is 50.3 Å². The van der Waals surface area contributed by atoms with Crippen LogP contribution in [-0.2, 0) is 11.2 Å². The van der Waals surface area contributed by atoms with Crippen molar-refractivity contribution in [2.75, 3.05) is 6.54 Å². The first kappa shape index (κ1) is 15.5. The van der Waals surface area contributed by atoms with Gasteiger partial charge in [0.25, 0.3) is 0 Å². The van der Waals surface area contributed by atoms with Crippen LogP contribution in [0.25, 0.3) is 0 Å². The Balaban J connectivity index is 1.90. The number of piperidine rings is 1. The molecule has 0 aromatic heterocycles. The summed E-state index contributed by atoms with van der Waals surface area (Å²) in [6.45, 7) is 4.98. The summed E-state index contributed by atoms with van der Waals surface area (Å²) in [4.78, 5) is 14.3. The molecule has 2 atom stereocenters. The molecule has 0 aliphatic carbocycles. The van der Waals surface area contributed by atoms with E-state index in [-0.39, 0.29) is 18.0 Å². The van der Waals surface area contributed by atoms with Crippen molar-refractivity contribution in [1.82, 2.24) is 4.90 Å². The molecule has 1 aliphatic rings. The summed E-state index contributed by atoms with van der Waals surface area (Å²) in [6, 6.07) is 6.81. The molecule has 0 unspecified atom stereocenters. The number of hydrogen-bond donors (Lipinski definition) is 1. The van der Waals surface area contributed by atoms with Crippen molar-refractivity contribution in [2.24, 2.45) is 5.73 Å². The molecule has 1 heterocycles. The lowest BCUT2D eigenvalue weighted by molar-refractivity contribution is -0.134. The molecule has 0 spiro atoms. The van der Waals surface area contributed by atoms with Crippen LogP contribution < -0.4 is 5.73 Å². The van der Waals surface area contributed by atoms with Gasteiger partial charge in [-0.2, -0.15) is 0 Å². The molecule has 1 aromatic carbocycles. The summed E-state index contributed by atoms with van der Waals surface area (Å²) in [5, 5.41) is 0. The zero-order chi connectivity index (χ0) is 14.7. The van der Waals surface area contributed by atoms with Gasteiger partial charge in [0, 0.05) is 29.5 Å². The smallest absolute Gasteiger partial charge is 0.223 e. The van der Waals surface area contributed by atoms with Crippen LogP contribution in [0.5, 0.6) is 0 Å². The van der Waals surface area contributed by atoms with Crippen LogP contribution >= 0.6 is 15.9 Å². The maximum Gasteiger partial charge on any atom is 0.223 e.